The Morgan fingerprint density at radius 1 is 1.00 bits per heavy atom. The Morgan fingerprint density at radius 3 is 2.59 bits per heavy atom. The highest BCUT2D eigenvalue weighted by molar-refractivity contribution is 5.81. The van der Waals surface area contributed by atoms with Gasteiger partial charge in [-0.3, -0.25) is 0 Å². The number of aromatic nitrogens is 2. The van der Waals surface area contributed by atoms with Gasteiger partial charge < -0.3 is 4.90 Å². The number of anilines is 2. The van der Waals surface area contributed by atoms with Crippen molar-refractivity contribution in [3.05, 3.63) is 59.5 Å². The van der Waals surface area contributed by atoms with Crippen molar-refractivity contribution in [2.45, 2.75) is 19.3 Å². The summed E-state index contributed by atoms with van der Waals surface area (Å²) >= 11 is 0. The topological polar surface area (TPSA) is 29.0 Å². The molecule has 4 heteroatoms. The Morgan fingerprint density at radius 2 is 1.77 bits per heavy atom. The van der Waals surface area contributed by atoms with Gasteiger partial charge in [-0.1, -0.05) is 18.2 Å². The lowest BCUT2D eigenvalue weighted by molar-refractivity contribution is 0.603. The highest BCUT2D eigenvalue weighted by Gasteiger charge is 2.37. The van der Waals surface area contributed by atoms with Gasteiger partial charge in [0.05, 0.1) is 16.7 Å². The van der Waals surface area contributed by atoms with Crippen LogP contribution in [0.2, 0.25) is 0 Å². The van der Waals surface area contributed by atoms with Crippen LogP contribution in [0.3, 0.4) is 0 Å². The van der Waals surface area contributed by atoms with Crippen molar-refractivity contribution >= 4 is 22.5 Å². The number of hydrogen-bond donors (Lipinski definition) is 0. The molecule has 3 nitrogen and oxygen atoms in total. The molecule has 0 unspecified atom stereocenters. The van der Waals surface area contributed by atoms with Crippen LogP contribution in [0.25, 0.3) is 11.0 Å². The first-order valence-electron chi connectivity index (χ1n) is 7.29. The summed E-state index contributed by atoms with van der Waals surface area (Å²) in [5.41, 5.74) is 4.33. The molecular formula is C18H16FN3. The van der Waals surface area contributed by atoms with Crippen molar-refractivity contribution in [3.8, 4) is 0 Å². The summed E-state index contributed by atoms with van der Waals surface area (Å²) in [6.07, 6.45) is 0. The molecule has 1 aliphatic heterocycles. The smallest absolute Gasteiger partial charge is 0.156 e. The standard InChI is InChI=1S/C18H16FN3/c1-18(2)12-6-4-5-7-15(12)22(3)17-16(18)20-13-9-8-11(19)10-14(13)21-17/h4-10H,1-3H3. The lowest BCUT2D eigenvalue weighted by Crippen LogP contribution is -2.32. The molecule has 0 aliphatic carbocycles. The average Bonchev–Trinajstić information content (AvgIpc) is 2.51. The second-order valence-electron chi connectivity index (χ2n) is 6.23. The number of benzene rings is 2. The SMILES string of the molecule is CN1c2ccccc2C(C)(C)c2nc3ccc(F)cc3nc21. The fourth-order valence-corrected chi connectivity index (χ4v) is 3.21. The molecule has 0 N–H and O–H groups in total. The second kappa shape index (κ2) is 4.26. The van der Waals surface area contributed by atoms with Gasteiger partial charge >= 0.3 is 0 Å². The van der Waals surface area contributed by atoms with Gasteiger partial charge in [-0.25, -0.2) is 14.4 Å². The van der Waals surface area contributed by atoms with Crippen LogP contribution < -0.4 is 4.90 Å². The van der Waals surface area contributed by atoms with Crippen molar-refractivity contribution in [3.63, 3.8) is 0 Å². The van der Waals surface area contributed by atoms with Gasteiger partial charge in [0.15, 0.2) is 5.82 Å². The molecule has 1 aromatic heterocycles. The van der Waals surface area contributed by atoms with E-state index in [-0.39, 0.29) is 11.2 Å². The van der Waals surface area contributed by atoms with Crippen LogP contribution in [0.15, 0.2) is 42.5 Å². The summed E-state index contributed by atoms with van der Waals surface area (Å²) < 4.78 is 13.5. The zero-order chi connectivity index (χ0) is 15.5. The molecule has 4 rings (SSSR count). The number of halogens is 1. The van der Waals surface area contributed by atoms with Crippen LogP contribution >= 0.6 is 0 Å². The second-order valence-corrected chi connectivity index (χ2v) is 6.23. The Hall–Kier alpha value is -2.49. The third-order valence-corrected chi connectivity index (χ3v) is 4.46. The van der Waals surface area contributed by atoms with Crippen molar-refractivity contribution in [2.75, 3.05) is 11.9 Å². The average molecular weight is 293 g/mol. The zero-order valence-electron chi connectivity index (χ0n) is 12.8. The molecule has 2 heterocycles. The number of para-hydroxylation sites is 1. The number of fused-ring (bicyclic) bond motifs is 3. The number of nitrogens with zero attached hydrogens (tertiary/aromatic N) is 3. The van der Waals surface area contributed by atoms with Crippen molar-refractivity contribution in [2.24, 2.45) is 0 Å². The first-order valence-corrected chi connectivity index (χ1v) is 7.29. The summed E-state index contributed by atoms with van der Waals surface area (Å²) in [6, 6.07) is 12.8. The maximum Gasteiger partial charge on any atom is 0.156 e. The molecular weight excluding hydrogens is 277 g/mol. The molecule has 0 atom stereocenters. The van der Waals surface area contributed by atoms with E-state index in [2.05, 4.69) is 31.0 Å². The lowest BCUT2D eigenvalue weighted by Gasteiger charge is -2.38. The van der Waals surface area contributed by atoms with E-state index in [9.17, 15) is 4.39 Å². The van der Waals surface area contributed by atoms with E-state index in [1.54, 1.807) is 6.07 Å². The molecule has 110 valence electrons. The minimum Gasteiger partial charge on any atom is -0.328 e. The highest BCUT2D eigenvalue weighted by atomic mass is 19.1. The Balaban J connectivity index is 2.07. The molecule has 0 amide bonds. The fraction of sp³-hybridized carbons (Fsp3) is 0.222. The Bertz CT molecular complexity index is 902. The van der Waals surface area contributed by atoms with Gasteiger partial charge in [0.25, 0.3) is 0 Å². The molecule has 22 heavy (non-hydrogen) atoms. The molecule has 0 radical (unpaired) electrons. The van der Waals surface area contributed by atoms with Crippen molar-refractivity contribution in [1.82, 2.24) is 9.97 Å². The molecule has 0 fully saturated rings. The monoisotopic (exact) mass is 293 g/mol. The summed E-state index contributed by atoms with van der Waals surface area (Å²) in [7, 11) is 1.98. The summed E-state index contributed by atoms with van der Waals surface area (Å²) in [5, 5.41) is 0. The normalized spacial score (nSPS) is 15.5. The zero-order valence-corrected chi connectivity index (χ0v) is 12.8. The van der Waals surface area contributed by atoms with Crippen LogP contribution in [0.4, 0.5) is 15.9 Å². The maximum absolute atomic E-state index is 13.5. The van der Waals surface area contributed by atoms with Crippen molar-refractivity contribution in [1.29, 1.82) is 0 Å². The van der Waals surface area contributed by atoms with Gasteiger partial charge in [-0.05, 0) is 37.6 Å². The van der Waals surface area contributed by atoms with E-state index in [4.69, 9.17) is 4.98 Å². The van der Waals surface area contributed by atoms with Gasteiger partial charge in [0.2, 0.25) is 0 Å². The van der Waals surface area contributed by atoms with Gasteiger partial charge in [-0.2, -0.15) is 0 Å². The predicted octanol–water partition coefficient (Wildman–Crippen LogP) is 4.18. The molecule has 3 aromatic rings. The maximum atomic E-state index is 13.5. The number of hydrogen-bond acceptors (Lipinski definition) is 3. The van der Waals surface area contributed by atoms with E-state index in [0.717, 1.165) is 22.7 Å². The van der Waals surface area contributed by atoms with Crippen LogP contribution in [-0.2, 0) is 5.41 Å². The van der Waals surface area contributed by atoms with E-state index in [1.165, 1.54) is 17.7 Å². The summed E-state index contributed by atoms with van der Waals surface area (Å²) in [6.45, 7) is 4.31. The van der Waals surface area contributed by atoms with Crippen LogP contribution in [-0.4, -0.2) is 17.0 Å². The number of rotatable bonds is 0. The van der Waals surface area contributed by atoms with Crippen LogP contribution in [0, 0.1) is 5.82 Å². The molecule has 0 bridgehead atoms. The minimum absolute atomic E-state index is 0.242. The first-order chi connectivity index (χ1) is 10.5. The molecule has 2 aromatic carbocycles. The van der Waals surface area contributed by atoms with Crippen molar-refractivity contribution < 1.29 is 4.39 Å². The lowest BCUT2D eigenvalue weighted by atomic mass is 9.77. The van der Waals surface area contributed by atoms with Gasteiger partial charge in [-0.15, -0.1) is 0 Å². The summed E-state index contributed by atoms with van der Waals surface area (Å²) in [4.78, 5) is 11.5. The highest BCUT2D eigenvalue weighted by Crippen LogP contribution is 2.46. The predicted molar refractivity (Wildman–Crippen MR) is 86.1 cm³/mol. The van der Waals surface area contributed by atoms with Crippen LogP contribution in [0.5, 0.6) is 0 Å². The molecule has 0 spiro atoms. The largest absolute Gasteiger partial charge is 0.328 e. The third-order valence-electron chi connectivity index (χ3n) is 4.46. The first kappa shape index (κ1) is 13.2. The van der Waals surface area contributed by atoms with Crippen LogP contribution in [0.1, 0.15) is 25.1 Å². The Labute approximate surface area is 128 Å². The van der Waals surface area contributed by atoms with Gasteiger partial charge in [0.1, 0.15) is 5.82 Å². The van der Waals surface area contributed by atoms with E-state index >= 15 is 0 Å². The van der Waals surface area contributed by atoms with Gasteiger partial charge in [0, 0.05) is 24.2 Å². The quantitative estimate of drug-likeness (QED) is 0.622. The summed E-state index contributed by atoms with van der Waals surface area (Å²) in [5.74, 6) is 0.502. The molecule has 0 saturated carbocycles. The molecule has 0 saturated heterocycles. The van der Waals surface area contributed by atoms with E-state index < -0.39 is 0 Å². The minimum atomic E-state index is -0.292. The van der Waals surface area contributed by atoms with E-state index in [0.29, 0.717) is 5.52 Å². The third kappa shape index (κ3) is 1.67. The fourth-order valence-electron chi connectivity index (χ4n) is 3.21. The molecule has 1 aliphatic rings. The van der Waals surface area contributed by atoms with E-state index in [1.807, 2.05) is 24.1 Å². The Kier molecular flexibility index (Phi) is 2.55.